The van der Waals surface area contributed by atoms with Gasteiger partial charge in [0.05, 0.1) is 0 Å². The number of benzene rings is 2. The first-order valence-corrected chi connectivity index (χ1v) is 14.9. The van der Waals surface area contributed by atoms with E-state index < -0.39 is 15.6 Å². The van der Waals surface area contributed by atoms with E-state index in [-0.39, 0.29) is 82.8 Å². The number of hydrogen-bond acceptors (Lipinski definition) is 8. The van der Waals surface area contributed by atoms with Crippen LogP contribution in [0.4, 0.5) is 0 Å². The summed E-state index contributed by atoms with van der Waals surface area (Å²) in [6.07, 6.45) is 0. The molecule has 204 valence electrons. The molecule has 0 aliphatic heterocycles. The average Bonchev–Trinajstić information content (AvgIpc) is 2.78. The predicted octanol–water partition coefficient (Wildman–Crippen LogP) is 0.862. The molecule has 8 nitrogen and oxygen atoms in total. The first kappa shape index (κ1) is 40.5. The van der Waals surface area contributed by atoms with Crippen LogP contribution in [0.25, 0.3) is 0 Å². The summed E-state index contributed by atoms with van der Waals surface area (Å²) in [5.41, 5.74) is 3.48. The van der Waals surface area contributed by atoms with Crippen LogP contribution in [0.5, 0.6) is 11.5 Å². The van der Waals surface area contributed by atoms with Crippen LogP contribution in [0.2, 0.25) is 0 Å². The van der Waals surface area contributed by atoms with Crippen molar-refractivity contribution in [1.29, 1.82) is 0 Å². The summed E-state index contributed by atoms with van der Waals surface area (Å²) < 4.78 is 42.0. The van der Waals surface area contributed by atoms with Crippen LogP contribution in [0.15, 0.2) is 36.4 Å². The van der Waals surface area contributed by atoms with Crippen molar-refractivity contribution in [2.75, 3.05) is 14.2 Å². The smallest absolute Gasteiger partial charge is 0.746 e. The van der Waals surface area contributed by atoms with Crippen molar-refractivity contribution in [1.82, 2.24) is 0 Å². The second-order valence-electron chi connectivity index (χ2n) is 9.59. The van der Waals surface area contributed by atoms with E-state index in [2.05, 4.69) is 9.05 Å². The number of phosphoric acid groups is 2. The molecule has 2 aromatic carbocycles. The first-order chi connectivity index (χ1) is 16.6. The van der Waals surface area contributed by atoms with Crippen molar-refractivity contribution in [3.8, 4) is 11.5 Å². The Bertz CT molecular complexity index is 953. The SMILES string of the molecule is COP(=O)([O-])Oc1c(C(C)C)cccc1C(C)C.COP(=O)([O-])Oc1c(C(C)C)cccc1C(C)C.[Na+].[Na+]. The monoisotopic (exact) mass is 588 g/mol. The van der Waals surface area contributed by atoms with Crippen molar-refractivity contribution in [3.05, 3.63) is 58.7 Å². The van der Waals surface area contributed by atoms with E-state index in [1.54, 1.807) is 0 Å². The van der Waals surface area contributed by atoms with Crippen molar-refractivity contribution in [2.24, 2.45) is 0 Å². The van der Waals surface area contributed by atoms with E-state index in [1.807, 2.05) is 91.8 Å². The van der Waals surface area contributed by atoms with Crippen molar-refractivity contribution < 1.29 is 96.1 Å². The molecule has 2 rings (SSSR count). The van der Waals surface area contributed by atoms with E-state index in [0.717, 1.165) is 36.5 Å². The molecule has 38 heavy (non-hydrogen) atoms. The van der Waals surface area contributed by atoms with Gasteiger partial charge in [0, 0.05) is 14.2 Å². The normalized spacial score (nSPS) is 14.1. The Balaban J connectivity index is 0. The summed E-state index contributed by atoms with van der Waals surface area (Å²) >= 11 is 0. The zero-order valence-electron chi connectivity index (χ0n) is 24.9. The summed E-state index contributed by atoms with van der Waals surface area (Å²) in [6.45, 7) is 16.0. The molecular formula is C26H40Na2O8P2. The molecule has 0 bridgehead atoms. The minimum Gasteiger partial charge on any atom is -0.746 e. The Morgan fingerprint density at radius 1 is 0.553 bits per heavy atom. The predicted molar refractivity (Wildman–Crippen MR) is 140 cm³/mol. The van der Waals surface area contributed by atoms with E-state index in [1.165, 1.54) is 0 Å². The summed E-state index contributed by atoms with van der Waals surface area (Å²) in [7, 11) is -6.36. The number of hydrogen-bond donors (Lipinski definition) is 0. The molecule has 2 unspecified atom stereocenters. The molecular weight excluding hydrogens is 548 g/mol. The molecule has 0 aliphatic carbocycles. The number of para-hydroxylation sites is 2. The van der Waals surface area contributed by atoms with Crippen molar-refractivity contribution >= 4 is 15.6 Å². The first-order valence-electron chi connectivity index (χ1n) is 11.9. The van der Waals surface area contributed by atoms with E-state index in [9.17, 15) is 18.9 Å². The van der Waals surface area contributed by atoms with Gasteiger partial charge in [-0.1, -0.05) is 91.8 Å². The molecule has 12 heteroatoms. The van der Waals surface area contributed by atoms with Crippen LogP contribution in [0.3, 0.4) is 0 Å². The van der Waals surface area contributed by atoms with Gasteiger partial charge in [-0.15, -0.1) is 0 Å². The van der Waals surface area contributed by atoms with Gasteiger partial charge in [0.25, 0.3) is 0 Å². The third-order valence-electron chi connectivity index (χ3n) is 5.49. The number of rotatable bonds is 10. The Kier molecular flexibility index (Phi) is 19.2. The summed E-state index contributed by atoms with van der Waals surface area (Å²) in [4.78, 5) is 23.0. The topological polar surface area (TPSA) is 117 Å². The molecule has 0 spiro atoms. The minimum atomic E-state index is -4.28. The van der Waals surface area contributed by atoms with Crippen LogP contribution in [-0.4, -0.2) is 14.2 Å². The molecule has 0 fully saturated rings. The quantitative estimate of drug-likeness (QED) is 0.297. The average molecular weight is 589 g/mol. The van der Waals surface area contributed by atoms with Crippen LogP contribution in [-0.2, 0) is 18.2 Å². The van der Waals surface area contributed by atoms with Crippen molar-refractivity contribution in [3.63, 3.8) is 0 Å². The Morgan fingerprint density at radius 2 is 0.763 bits per heavy atom. The van der Waals surface area contributed by atoms with Gasteiger partial charge < -0.3 is 27.9 Å². The molecule has 0 N–H and O–H groups in total. The van der Waals surface area contributed by atoms with Gasteiger partial charge in [-0.25, -0.2) is 0 Å². The Hall–Kier alpha value is 0.340. The van der Waals surface area contributed by atoms with Crippen LogP contribution in [0.1, 0.15) is 101 Å². The van der Waals surface area contributed by atoms with Crippen molar-refractivity contribution in [2.45, 2.75) is 79.1 Å². The number of phosphoric ester groups is 2. The molecule has 0 saturated carbocycles. The second-order valence-corrected chi connectivity index (χ2v) is 12.5. The van der Waals surface area contributed by atoms with Gasteiger partial charge in [-0.2, -0.15) is 0 Å². The molecule has 0 saturated heterocycles. The molecule has 0 heterocycles. The maximum atomic E-state index is 11.5. The van der Waals surface area contributed by atoms with Gasteiger partial charge in [0.1, 0.15) is 11.5 Å². The molecule has 0 amide bonds. The second kappa shape index (κ2) is 18.0. The maximum absolute atomic E-state index is 11.5. The van der Waals surface area contributed by atoms with Crippen LogP contribution < -0.4 is 77.9 Å². The summed E-state index contributed by atoms with van der Waals surface area (Å²) in [6, 6.07) is 11.3. The molecule has 0 aliphatic rings. The Labute approximate surface area is 273 Å². The van der Waals surface area contributed by atoms with Crippen LogP contribution >= 0.6 is 15.6 Å². The molecule has 2 atom stereocenters. The van der Waals surface area contributed by atoms with E-state index in [0.29, 0.717) is 11.5 Å². The maximum Gasteiger partial charge on any atom is 1.00 e. The van der Waals surface area contributed by atoms with Gasteiger partial charge in [-0.3, -0.25) is 9.13 Å². The third kappa shape index (κ3) is 12.5. The molecule has 2 aromatic rings. The molecule has 0 radical (unpaired) electrons. The van der Waals surface area contributed by atoms with Gasteiger partial charge >= 0.3 is 74.8 Å². The zero-order chi connectivity index (χ0) is 27.8. The van der Waals surface area contributed by atoms with Crippen LogP contribution in [0, 0.1) is 0 Å². The fraction of sp³-hybridized carbons (Fsp3) is 0.538. The standard InChI is InChI=1S/2C13H21O4P.2Na/c2*1-9(2)11-7-6-8-12(10(3)4)13(11)17-18(14,15)16-5;;/h2*6-10H,1-5H3,(H,14,15);;/q;;2*+1/p-2. The van der Waals surface area contributed by atoms with Gasteiger partial charge in [0.15, 0.2) is 0 Å². The fourth-order valence-electron chi connectivity index (χ4n) is 3.47. The largest absolute Gasteiger partial charge is 1.00 e. The van der Waals surface area contributed by atoms with Gasteiger partial charge in [0.2, 0.25) is 0 Å². The zero-order valence-corrected chi connectivity index (χ0v) is 30.7. The van der Waals surface area contributed by atoms with E-state index in [4.69, 9.17) is 9.05 Å². The Morgan fingerprint density at radius 3 is 0.921 bits per heavy atom. The van der Waals surface area contributed by atoms with Gasteiger partial charge in [-0.05, 0) is 45.9 Å². The summed E-state index contributed by atoms with van der Waals surface area (Å²) in [5.74, 6) is 1.52. The summed E-state index contributed by atoms with van der Waals surface area (Å²) in [5, 5.41) is 0. The minimum absolute atomic E-state index is 0. The molecule has 0 aromatic heterocycles. The third-order valence-corrected chi connectivity index (χ3v) is 7.20. The fourth-order valence-corrected chi connectivity index (χ4v) is 4.49. The van der Waals surface area contributed by atoms with E-state index >= 15 is 0 Å².